The lowest BCUT2D eigenvalue weighted by Crippen LogP contribution is -2.29. The monoisotopic (exact) mass is 246 g/mol. The summed E-state index contributed by atoms with van der Waals surface area (Å²) in [6, 6.07) is 5.55. The molecule has 0 aliphatic carbocycles. The van der Waals surface area contributed by atoms with Crippen LogP contribution in [0.15, 0.2) is 18.2 Å². The third-order valence-corrected chi connectivity index (χ3v) is 2.40. The van der Waals surface area contributed by atoms with E-state index in [4.69, 9.17) is 16.9 Å². The number of hydrogen-bond acceptors (Lipinski definition) is 3. The van der Waals surface area contributed by atoms with Crippen LogP contribution in [0.5, 0.6) is 5.75 Å². The Hall–Kier alpha value is -1.99. The molecule has 1 atom stereocenters. The molecule has 0 aromatic heterocycles. The SMILES string of the molecule is C#CCNC(=O)COc1ccc(C)cc1[C@H](C)N. The first-order valence-corrected chi connectivity index (χ1v) is 5.73. The van der Waals surface area contributed by atoms with Gasteiger partial charge in [0.25, 0.3) is 5.91 Å². The molecule has 0 saturated carbocycles. The number of nitrogens with two attached hydrogens (primary N) is 1. The molecule has 0 bridgehead atoms. The van der Waals surface area contributed by atoms with E-state index in [-0.39, 0.29) is 25.1 Å². The molecule has 96 valence electrons. The molecule has 0 radical (unpaired) electrons. The molecule has 1 rings (SSSR count). The van der Waals surface area contributed by atoms with Gasteiger partial charge >= 0.3 is 0 Å². The van der Waals surface area contributed by atoms with E-state index < -0.39 is 0 Å². The number of terminal acetylenes is 1. The predicted molar refractivity (Wildman–Crippen MR) is 71.1 cm³/mol. The van der Waals surface area contributed by atoms with Gasteiger partial charge in [0.15, 0.2) is 6.61 Å². The van der Waals surface area contributed by atoms with Gasteiger partial charge in [0.1, 0.15) is 5.75 Å². The minimum atomic E-state index is -0.246. The minimum Gasteiger partial charge on any atom is -0.483 e. The van der Waals surface area contributed by atoms with E-state index in [0.29, 0.717) is 5.75 Å². The molecule has 4 heteroatoms. The fourth-order valence-electron chi connectivity index (χ4n) is 1.50. The number of amides is 1. The second-order valence-corrected chi connectivity index (χ2v) is 4.10. The average Bonchev–Trinajstić information content (AvgIpc) is 2.34. The van der Waals surface area contributed by atoms with E-state index in [9.17, 15) is 4.79 Å². The lowest BCUT2D eigenvalue weighted by atomic mass is 10.1. The van der Waals surface area contributed by atoms with Gasteiger partial charge in [0.2, 0.25) is 0 Å². The van der Waals surface area contributed by atoms with Crippen LogP contribution >= 0.6 is 0 Å². The van der Waals surface area contributed by atoms with Crippen LogP contribution in [0, 0.1) is 19.3 Å². The van der Waals surface area contributed by atoms with Crippen molar-refractivity contribution in [2.45, 2.75) is 19.9 Å². The lowest BCUT2D eigenvalue weighted by molar-refractivity contribution is -0.122. The largest absolute Gasteiger partial charge is 0.483 e. The summed E-state index contributed by atoms with van der Waals surface area (Å²) in [4.78, 5) is 11.4. The highest BCUT2D eigenvalue weighted by Crippen LogP contribution is 2.24. The van der Waals surface area contributed by atoms with Crippen LogP contribution in [-0.2, 0) is 4.79 Å². The maximum atomic E-state index is 11.4. The van der Waals surface area contributed by atoms with Crippen LogP contribution < -0.4 is 15.8 Å². The normalized spacial score (nSPS) is 11.4. The molecule has 0 saturated heterocycles. The summed E-state index contributed by atoms with van der Waals surface area (Å²) in [6.45, 7) is 4.00. The first-order valence-electron chi connectivity index (χ1n) is 5.73. The molecule has 4 nitrogen and oxygen atoms in total. The van der Waals surface area contributed by atoms with Gasteiger partial charge in [-0.2, -0.15) is 0 Å². The second-order valence-electron chi connectivity index (χ2n) is 4.10. The van der Waals surface area contributed by atoms with E-state index in [1.54, 1.807) is 0 Å². The molecule has 1 aromatic rings. The number of carbonyl (C=O) groups is 1. The van der Waals surface area contributed by atoms with E-state index in [0.717, 1.165) is 11.1 Å². The van der Waals surface area contributed by atoms with E-state index in [1.165, 1.54) is 0 Å². The van der Waals surface area contributed by atoms with Crippen LogP contribution in [0.25, 0.3) is 0 Å². The van der Waals surface area contributed by atoms with Gasteiger partial charge in [-0.15, -0.1) is 6.42 Å². The Balaban J connectivity index is 2.67. The highest BCUT2D eigenvalue weighted by atomic mass is 16.5. The van der Waals surface area contributed by atoms with Gasteiger partial charge in [-0.05, 0) is 19.9 Å². The Morgan fingerprint density at radius 2 is 2.33 bits per heavy atom. The summed E-state index contributed by atoms with van der Waals surface area (Å²) in [7, 11) is 0. The molecular formula is C14H18N2O2. The van der Waals surface area contributed by atoms with Crippen LogP contribution in [-0.4, -0.2) is 19.1 Å². The van der Waals surface area contributed by atoms with Crippen molar-refractivity contribution >= 4 is 5.91 Å². The molecule has 0 spiro atoms. The number of rotatable bonds is 5. The maximum absolute atomic E-state index is 11.4. The quantitative estimate of drug-likeness (QED) is 0.766. The van der Waals surface area contributed by atoms with Crippen molar-refractivity contribution in [2.75, 3.05) is 13.2 Å². The smallest absolute Gasteiger partial charge is 0.258 e. The Morgan fingerprint density at radius 1 is 1.61 bits per heavy atom. The number of hydrogen-bond donors (Lipinski definition) is 2. The van der Waals surface area contributed by atoms with Crippen LogP contribution in [0.3, 0.4) is 0 Å². The van der Waals surface area contributed by atoms with Crippen molar-refractivity contribution in [3.05, 3.63) is 29.3 Å². The minimum absolute atomic E-state index is 0.0650. The zero-order chi connectivity index (χ0) is 13.5. The van der Waals surface area contributed by atoms with E-state index in [2.05, 4.69) is 11.2 Å². The zero-order valence-corrected chi connectivity index (χ0v) is 10.7. The number of ether oxygens (including phenoxy) is 1. The van der Waals surface area contributed by atoms with Crippen molar-refractivity contribution < 1.29 is 9.53 Å². The standard InChI is InChI=1S/C14H18N2O2/c1-4-7-16-14(17)9-18-13-6-5-10(2)8-12(13)11(3)15/h1,5-6,8,11H,7,9,15H2,2-3H3,(H,16,17)/t11-/m0/s1. The van der Waals surface area contributed by atoms with Crippen LogP contribution in [0.2, 0.25) is 0 Å². The van der Waals surface area contributed by atoms with E-state index in [1.807, 2.05) is 32.0 Å². The third-order valence-electron chi connectivity index (χ3n) is 2.40. The topological polar surface area (TPSA) is 64.3 Å². The van der Waals surface area contributed by atoms with Gasteiger partial charge < -0.3 is 15.8 Å². The average molecular weight is 246 g/mol. The van der Waals surface area contributed by atoms with Gasteiger partial charge in [0, 0.05) is 11.6 Å². The summed E-state index contributed by atoms with van der Waals surface area (Å²) in [5.41, 5.74) is 7.85. The summed E-state index contributed by atoms with van der Waals surface area (Å²) >= 11 is 0. The van der Waals surface area contributed by atoms with Crippen LogP contribution in [0.4, 0.5) is 0 Å². The van der Waals surface area contributed by atoms with Crippen molar-refractivity contribution in [1.82, 2.24) is 5.32 Å². The molecule has 0 heterocycles. The molecular weight excluding hydrogens is 228 g/mol. The van der Waals surface area contributed by atoms with Gasteiger partial charge in [-0.3, -0.25) is 4.79 Å². The summed E-state index contributed by atoms with van der Waals surface area (Å²) in [6.07, 6.45) is 5.04. The number of benzene rings is 1. The Bertz CT molecular complexity index is 461. The van der Waals surface area contributed by atoms with Crippen molar-refractivity contribution in [2.24, 2.45) is 5.73 Å². The predicted octanol–water partition coefficient (Wildman–Crippen LogP) is 1.14. The van der Waals surface area contributed by atoms with Gasteiger partial charge in [0.05, 0.1) is 6.54 Å². The molecule has 0 aliphatic heterocycles. The fourth-order valence-corrected chi connectivity index (χ4v) is 1.50. The summed E-state index contributed by atoms with van der Waals surface area (Å²) < 4.78 is 5.45. The molecule has 0 fully saturated rings. The third kappa shape index (κ3) is 4.11. The van der Waals surface area contributed by atoms with Crippen molar-refractivity contribution in [3.63, 3.8) is 0 Å². The first kappa shape index (κ1) is 14.1. The molecule has 0 unspecified atom stereocenters. The second kappa shape index (κ2) is 6.67. The van der Waals surface area contributed by atoms with E-state index >= 15 is 0 Å². The Kier molecular flexibility index (Phi) is 5.22. The lowest BCUT2D eigenvalue weighted by Gasteiger charge is -2.14. The Labute approximate surface area is 108 Å². The molecule has 3 N–H and O–H groups in total. The van der Waals surface area contributed by atoms with Gasteiger partial charge in [-0.25, -0.2) is 0 Å². The van der Waals surface area contributed by atoms with Crippen molar-refractivity contribution in [3.8, 4) is 18.1 Å². The zero-order valence-electron chi connectivity index (χ0n) is 10.7. The molecule has 1 aromatic carbocycles. The maximum Gasteiger partial charge on any atom is 0.258 e. The van der Waals surface area contributed by atoms with Gasteiger partial charge in [-0.1, -0.05) is 23.6 Å². The first-order chi connectivity index (χ1) is 8.54. The highest BCUT2D eigenvalue weighted by Gasteiger charge is 2.10. The number of nitrogens with one attached hydrogen (secondary N) is 1. The number of carbonyl (C=O) groups excluding carboxylic acids is 1. The Morgan fingerprint density at radius 3 is 2.94 bits per heavy atom. The molecule has 18 heavy (non-hydrogen) atoms. The highest BCUT2D eigenvalue weighted by molar-refractivity contribution is 5.77. The number of aryl methyl sites for hydroxylation is 1. The van der Waals surface area contributed by atoms with Crippen LogP contribution in [0.1, 0.15) is 24.1 Å². The molecule has 1 amide bonds. The summed E-state index contributed by atoms with van der Waals surface area (Å²) in [5, 5.41) is 2.53. The molecule has 0 aliphatic rings. The fraction of sp³-hybridized carbons (Fsp3) is 0.357. The summed E-state index contributed by atoms with van der Waals surface area (Å²) in [5.74, 6) is 2.71. The van der Waals surface area contributed by atoms with Crippen molar-refractivity contribution in [1.29, 1.82) is 0 Å².